The van der Waals surface area contributed by atoms with Crippen LogP contribution in [0.1, 0.15) is 19.4 Å². The van der Waals surface area contributed by atoms with Crippen molar-refractivity contribution in [2.45, 2.75) is 25.6 Å². The normalized spacial score (nSPS) is 14.4. The van der Waals surface area contributed by atoms with E-state index in [-0.39, 0.29) is 12.2 Å². The number of hydrogen-bond acceptors (Lipinski definition) is 4. The minimum absolute atomic E-state index is 0.0667. The van der Waals surface area contributed by atoms with Crippen molar-refractivity contribution in [1.82, 2.24) is 5.32 Å². The molecule has 1 atom stereocenters. The summed E-state index contributed by atoms with van der Waals surface area (Å²) < 4.78 is 47.5. The van der Waals surface area contributed by atoms with Gasteiger partial charge in [-0.2, -0.15) is 13.2 Å². The van der Waals surface area contributed by atoms with Crippen LogP contribution in [0.5, 0.6) is 5.75 Å². The zero-order valence-electron chi connectivity index (χ0n) is 12.1. The number of hydrogen-bond donors (Lipinski definition) is 1. The van der Waals surface area contributed by atoms with Crippen molar-refractivity contribution in [3.05, 3.63) is 29.8 Å². The van der Waals surface area contributed by atoms with E-state index in [2.05, 4.69) is 5.32 Å². The number of nitrogens with one attached hydrogen (secondary N) is 1. The van der Waals surface area contributed by atoms with E-state index >= 15 is 0 Å². The molecule has 0 spiro atoms. The Bertz CT molecular complexity index is 491. The number of benzene rings is 1. The van der Waals surface area contributed by atoms with E-state index in [9.17, 15) is 18.0 Å². The highest BCUT2D eigenvalue weighted by atomic mass is 19.4. The van der Waals surface area contributed by atoms with Crippen LogP contribution in [0.15, 0.2) is 24.3 Å². The number of carbonyl (C=O) groups excluding carboxylic acids is 1. The van der Waals surface area contributed by atoms with Gasteiger partial charge in [-0.05, 0) is 19.9 Å². The first-order valence-corrected chi connectivity index (χ1v) is 6.37. The molecule has 1 N–H and O–H groups in total. The lowest BCUT2D eigenvalue weighted by Gasteiger charge is -2.30. The van der Waals surface area contributed by atoms with Gasteiger partial charge in [-0.3, -0.25) is 5.32 Å². The predicted octanol–water partition coefficient (Wildman–Crippen LogP) is 2.63. The maximum Gasteiger partial charge on any atom is 0.401 e. The molecule has 0 aromatic heterocycles. The maximum absolute atomic E-state index is 12.5. The molecule has 0 aliphatic rings. The molecule has 1 aromatic rings. The molecule has 0 aliphatic carbocycles. The van der Waals surface area contributed by atoms with Crippen LogP contribution in [-0.4, -0.2) is 32.4 Å². The standard InChI is InChI=1S/C14H18F3NO3/c1-4-21-12(19)13(2,18-9-14(15,16)17)10-7-5-6-8-11(10)20-3/h5-8,18H,4,9H2,1-3H3. The van der Waals surface area contributed by atoms with E-state index in [1.165, 1.54) is 20.1 Å². The third-order valence-electron chi connectivity index (χ3n) is 2.97. The van der Waals surface area contributed by atoms with Gasteiger partial charge < -0.3 is 9.47 Å². The molecule has 118 valence electrons. The van der Waals surface area contributed by atoms with E-state index in [1.807, 2.05) is 0 Å². The summed E-state index contributed by atoms with van der Waals surface area (Å²) in [5.74, 6) is -0.485. The van der Waals surface area contributed by atoms with Crippen molar-refractivity contribution in [2.24, 2.45) is 0 Å². The van der Waals surface area contributed by atoms with Crippen LogP contribution in [0.4, 0.5) is 13.2 Å². The topological polar surface area (TPSA) is 47.6 Å². The summed E-state index contributed by atoms with van der Waals surface area (Å²) in [4.78, 5) is 12.1. The van der Waals surface area contributed by atoms with Crippen LogP contribution in [0, 0.1) is 0 Å². The van der Waals surface area contributed by atoms with Gasteiger partial charge in [0.25, 0.3) is 0 Å². The average molecular weight is 305 g/mol. The van der Waals surface area contributed by atoms with Crippen molar-refractivity contribution in [2.75, 3.05) is 20.3 Å². The fourth-order valence-corrected chi connectivity index (χ4v) is 1.89. The molecule has 0 bridgehead atoms. The molecule has 0 saturated carbocycles. The number of rotatable bonds is 6. The zero-order valence-corrected chi connectivity index (χ0v) is 12.1. The second-order valence-electron chi connectivity index (χ2n) is 4.51. The number of para-hydroxylation sites is 1. The maximum atomic E-state index is 12.5. The molecule has 0 heterocycles. The Labute approximate surface area is 121 Å². The van der Waals surface area contributed by atoms with Gasteiger partial charge in [0.05, 0.1) is 20.3 Å². The number of alkyl halides is 3. The molecular formula is C14H18F3NO3. The van der Waals surface area contributed by atoms with Gasteiger partial charge in [-0.15, -0.1) is 0 Å². The summed E-state index contributed by atoms with van der Waals surface area (Å²) in [5.41, 5.74) is -1.37. The molecule has 0 amide bonds. The van der Waals surface area contributed by atoms with Crippen molar-refractivity contribution in [3.8, 4) is 5.75 Å². The van der Waals surface area contributed by atoms with Crippen LogP contribution >= 0.6 is 0 Å². The van der Waals surface area contributed by atoms with Crippen molar-refractivity contribution < 1.29 is 27.4 Å². The summed E-state index contributed by atoms with van der Waals surface area (Å²) in [6.07, 6.45) is -4.45. The van der Waals surface area contributed by atoms with Gasteiger partial charge in [-0.25, -0.2) is 4.79 Å². The second-order valence-corrected chi connectivity index (χ2v) is 4.51. The van der Waals surface area contributed by atoms with Gasteiger partial charge in [0.2, 0.25) is 0 Å². The Morgan fingerprint density at radius 1 is 1.29 bits per heavy atom. The summed E-state index contributed by atoms with van der Waals surface area (Å²) in [5, 5.41) is 2.23. The minimum atomic E-state index is -4.45. The summed E-state index contributed by atoms with van der Waals surface area (Å²) in [6.45, 7) is 1.68. The van der Waals surface area contributed by atoms with Crippen molar-refractivity contribution >= 4 is 5.97 Å². The fourth-order valence-electron chi connectivity index (χ4n) is 1.89. The highest BCUT2D eigenvalue weighted by Crippen LogP contribution is 2.31. The molecule has 1 rings (SSSR count). The first-order valence-electron chi connectivity index (χ1n) is 6.37. The number of ether oxygens (including phenoxy) is 2. The molecule has 0 radical (unpaired) electrons. The van der Waals surface area contributed by atoms with E-state index in [1.54, 1.807) is 25.1 Å². The quantitative estimate of drug-likeness (QED) is 0.821. The first-order chi connectivity index (χ1) is 9.74. The second kappa shape index (κ2) is 6.80. The van der Waals surface area contributed by atoms with E-state index in [0.29, 0.717) is 5.75 Å². The number of methoxy groups -OCH3 is 1. The molecule has 1 unspecified atom stereocenters. The van der Waals surface area contributed by atoms with Gasteiger partial charge in [0.15, 0.2) is 0 Å². The molecule has 21 heavy (non-hydrogen) atoms. The lowest BCUT2D eigenvalue weighted by molar-refractivity contribution is -0.155. The first kappa shape index (κ1) is 17.3. The summed E-state index contributed by atoms with van der Waals surface area (Å²) in [6, 6.07) is 6.38. The molecular weight excluding hydrogens is 287 g/mol. The molecule has 0 aliphatic heterocycles. The third-order valence-corrected chi connectivity index (χ3v) is 2.97. The van der Waals surface area contributed by atoms with Gasteiger partial charge in [-0.1, -0.05) is 18.2 Å². The van der Waals surface area contributed by atoms with Crippen LogP contribution < -0.4 is 10.1 Å². The zero-order chi connectivity index (χ0) is 16.1. The number of esters is 1. The lowest BCUT2D eigenvalue weighted by atomic mass is 9.91. The lowest BCUT2D eigenvalue weighted by Crippen LogP contribution is -2.51. The Morgan fingerprint density at radius 2 is 1.90 bits per heavy atom. The summed E-state index contributed by atoms with van der Waals surface area (Å²) in [7, 11) is 1.38. The third kappa shape index (κ3) is 4.35. The van der Waals surface area contributed by atoms with E-state index < -0.39 is 24.2 Å². The minimum Gasteiger partial charge on any atom is -0.496 e. The van der Waals surface area contributed by atoms with Crippen LogP contribution in [-0.2, 0) is 15.1 Å². The fraction of sp³-hybridized carbons (Fsp3) is 0.500. The Hall–Kier alpha value is -1.76. The molecule has 0 saturated heterocycles. The molecule has 0 fully saturated rings. The van der Waals surface area contributed by atoms with Crippen molar-refractivity contribution in [1.29, 1.82) is 0 Å². The van der Waals surface area contributed by atoms with E-state index in [4.69, 9.17) is 9.47 Å². The predicted molar refractivity (Wildman–Crippen MR) is 71.0 cm³/mol. The number of halogens is 3. The van der Waals surface area contributed by atoms with Gasteiger partial charge >= 0.3 is 12.1 Å². The molecule has 1 aromatic carbocycles. The molecule has 4 nitrogen and oxygen atoms in total. The smallest absolute Gasteiger partial charge is 0.401 e. The average Bonchev–Trinajstić information content (AvgIpc) is 2.44. The van der Waals surface area contributed by atoms with Crippen LogP contribution in [0.2, 0.25) is 0 Å². The Kier molecular flexibility index (Phi) is 5.60. The van der Waals surface area contributed by atoms with Gasteiger partial charge in [0.1, 0.15) is 11.3 Å². The number of carbonyl (C=O) groups is 1. The highest BCUT2D eigenvalue weighted by molar-refractivity contribution is 5.83. The largest absolute Gasteiger partial charge is 0.496 e. The summed E-state index contributed by atoms with van der Waals surface area (Å²) >= 11 is 0. The van der Waals surface area contributed by atoms with Gasteiger partial charge in [0, 0.05) is 5.56 Å². The van der Waals surface area contributed by atoms with E-state index in [0.717, 1.165) is 0 Å². The van der Waals surface area contributed by atoms with Crippen LogP contribution in [0.3, 0.4) is 0 Å². The SMILES string of the molecule is CCOC(=O)C(C)(NCC(F)(F)F)c1ccccc1OC. The van der Waals surface area contributed by atoms with Crippen LogP contribution in [0.25, 0.3) is 0 Å². The molecule has 7 heteroatoms. The highest BCUT2D eigenvalue weighted by Gasteiger charge is 2.42. The Balaban J connectivity index is 3.20. The van der Waals surface area contributed by atoms with Crippen molar-refractivity contribution in [3.63, 3.8) is 0 Å². The Morgan fingerprint density at radius 3 is 2.43 bits per heavy atom. The monoisotopic (exact) mass is 305 g/mol.